The van der Waals surface area contributed by atoms with Gasteiger partial charge in [-0.05, 0) is 56.7 Å². The normalized spacial score (nSPS) is 24.4. The Labute approximate surface area is 126 Å². The van der Waals surface area contributed by atoms with Gasteiger partial charge in [-0.2, -0.15) is 0 Å². The first kappa shape index (κ1) is 14.6. The molecule has 0 aromatic carbocycles. The van der Waals surface area contributed by atoms with Crippen LogP contribution in [0.2, 0.25) is 0 Å². The van der Waals surface area contributed by atoms with E-state index in [1.54, 1.807) is 15.3 Å². The first-order chi connectivity index (χ1) is 9.88. The van der Waals surface area contributed by atoms with Crippen LogP contribution in [0.3, 0.4) is 0 Å². The van der Waals surface area contributed by atoms with E-state index < -0.39 is 0 Å². The summed E-state index contributed by atoms with van der Waals surface area (Å²) in [4.78, 5) is 3.24. The van der Waals surface area contributed by atoms with E-state index in [9.17, 15) is 0 Å². The topological polar surface area (TPSA) is 21.3 Å². The van der Waals surface area contributed by atoms with Gasteiger partial charge in [-0.15, -0.1) is 11.3 Å². The molecule has 0 spiro atoms. The van der Waals surface area contributed by atoms with Crippen molar-refractivity contribution in [2.45, 2.75) is 57.9 Å². The van der Waals surface area contributed by atoms with Gasteiger partial charge in [0.1, 0.15) is 0 Å². The maximum Gasteiger partial charge on any atom is 0.0513 e. The molecule has 2 atom stereocenters. The summed E-state index contributed by atoms with van der Waals surface area (Å²) in [6.07, 6.45) is 9.19. The van der Waals surface area contributed by atoms with Crippen molar-refractivity contribution in [1.82, 2.24) is 5.32 Å². The Hall–Kier alpha value is -0.380. The minimum Gasteiger partial charge on any atom is -0.381 e. The second-order valence-corrected chi connectivity index (χ2v) is 7.38. The van der Waals surface area contributed by atoms with Crippen molar-refractivity contribution in [3.05, 3.63) is 21.4 Å². The minimum atomic E-state index is 0.523. The number of fused-ring (bicyclic) bond motifs is 1. The Kier molecular flexibility index (Phi) is 5.14. The Bertz CT molecular complexity index is 399. The van der Waals surface area contributed by atoms with Gasteiger partial charge in [0.2, 0.25) is 0 Å². The van der Waals surface area contributed by atoms with Crippen LogP contribution in [0.1, 0.15) is 60.4 Å². The van der Waals surface area contributed by atoms with Crippen molar-refractivity contribution in [3.63, 3.8) is 0 Å². The van der Waals surface area contributed by atoms with Crippen LogP contribution in [0.15, 0.2) is 6.07 Å². The van der Waals surface area contributed by atoms with E-state index in [0.29, 0.717) is 12.0 Å². The fourth-order valence-corrected chi connectivity index (χ4v) is 4.89. The molecular formula is C17H27NOS. The van der Waals surface area contributed by atoms with Crippen molar-refractivity contribution < 1.29 is 4.74 Å². The van der Waals surface area contributed by atoms with Crippen LogP contribution < -0.4 is 5.32 Å². The molecule has 0 radical (unpaired) electrons. The summed E-state index contributed by atoms with van der Waals surface area (Å²) < 4.78 is 5.63. The Morgan fingerprint density at radius 1 is 1.35 bits per heavy atom. The zero-order chi connectivity index (χ0) is 13.8. The molecule has 1 aliphatic carbocycles. The van der Waals surface area contributed by atoms with E-state index in [4.69, 9.17) is 4.74 Å². The molecule has 1 aliphatic heterocycles. The largest absolute Gasteiger partial charge is 0.381 e. The maximum absolute atomic E-state index is 5.63. The zero-order valence-corrected chi connectivity index (χ0v) is 13.4. The van der Waals surface area contributed by atoms with E-state index in [2.05, 4.69) is 29.6 Å². The van der Waals surface area contributed by atoms with Crippen LogP contribution in [0.25, 0.3) is 0 Å². The summed E-state index contributed by atoms with van der Waals surface area (Å²) in [5, 5.41) is 3.78. The molecule has 1 aromatic heterocycles. The summed E-state index contributed by atoms with van der Waals surface area (Å²) >= 11 is 2.08. The highest BCUT2D eigenvalue weighted by Gasteiger charge is 2.28. The standard InChI is InChI=1S/C17H27NOS/c1-2-9-18-17(14-8-10-19-12-14)16-11-13-6-4-3-5-7-15(13)20-16/h11,14,17-18H,2-10,12H2,1H3. The number of hydrogen-bond acceptors (Lipinski definition) is 3. The number of ether oxygens (including phenoxy) is 1. The van der Waals surface area contributed by atoms with Crippen molar-refractivity contribution >= 4 is 11.3 Å². The number of rotatable bonds is 5. The van der Waals surface area contributed by atoms with Crippen LogP contribution in [0, 0.1) is 5.92 Å². The van der Waals surface area contributed by atoms with E-state index in [0.717, 1.165) is 19.8 Å². The number of aryl methyl sites for hydroxylation is 2. The molecule has 0 amide bonds. The Balaban J connectivity index is 1.78. The quantitative estimate of drug-likeness (QED) is 0.826. The molecule has 2 aliphatic rings. The molecule has 3 heteroatoms. The van der Waals surface area contributed by atoms with Crippen molar-refractivity contribution in [2.24, 2.45) is 5.92 Å². The molecule has 1 fully saturated rings. The third-order valence-corrected chi connectivity index (χ3v) is 5.94. The highest BCUT2D eigenvalue weighted by atomic mass is 32.1. The summed E-state index contributed by atoms with van der Waals surface area (Å²) in [6.45, 7) is 5.24. The fraction of sp³-hybridized carbons (Fsp3) is 0.765. The Morgan fingerprint density at radius 3 is 3.05 bits per heavy atom. The number of hydrogen-bond donors (Lipinski definition) is 1. The van der Waals surface area contributed by atoms with Crippen LogP contribution in [-0.2, 0) is 17.6 Å². The molecule has 1 saturated heterocycles. The van der Waals surface area contributed by atoms with Gasteiger partial charge < -0.3 is 10.1 Å². The van der Waals surface area contributed by atoms with Crippen molar-refractivity contribution in [2.75, 3.05) is 19.8 Å². The van der Waals surface area contributed by atoms with Gasteiger partial charge in [0.15, 0.2) is 0 Å². The SMILES string of the molecule is CCCNC(c1cc2c(s1)CCCCC2)C1CCOC1. The lowest BCUT2D eigenvalue weighted by atomic mass is 9.96. The average molecular weight is 293 g/mol. The predicted molar refractivity (Wildman–Crippen MR) is 85.5 cm³/mol. The van der Waals surface area contributed by atoms with Crippen molar-refractivity contribution in [1.29, 1.82) is 0 Å². The van der Waals surface area contributed by atoms with Gasteiger partial charge in [0, 0.05) is 28.3 Å². The van der Waals surface area contributed by atoms with Gasteiger partial charge in [-0.1, -0.05) is 13.3 Å². The smallest absolute Gasteiger partial charge is 0.0513 e. The lowest BCUT2D eigenvalue weighted by Gasteiger charge is -2.22. The molecular weight excluding hydrogens is 266 g/mol. The lowest BCUT2D eigenvalue weighted by molar-refractivity contribution is 0.177. The summed E-state index contributed by atoms with van der Waals surface area (Å²) in [5.41, 5.74) is 1.64. The van der Waals surface area contributed by atoms with Crippen LogP contribution in [-0.4, -0.2) is 19.8 Å². The van der Waals surface area contributed by atoms with Gasteiger partial charge in [-0.25, -0.2) is 0 Å². The van der Waals surface area contributed by atoms with E-state index >= 15 is 0 Å². The average Bonchev–Trinajstić information content (AvgIpc) is 3.06. The van der Waals surface area contributed by atoms with Crippen LogP contribution in [0.5, 0.6) is 0 Å². The van der Waals surface area contributed by atoms with Crippen LogP contribution in [0.4, 0.5) is 0 Å². The second kappa shape index (κ2) is 7.06. The third-order valence-electron chi connectivity index (χ3n) is 4.62. The third kappa shape index (κ3) is 3.26. The predicted octanol–water partition coefficient (Wildman–Crippen LogP) is 4.09. The van der Waals surface area contributed by atoms with Gasteiger partial charge in [0.05, 0.1) is 6.61 Å². The lowest BCUT2D eigenvalue weighted by Crippen LogP contribution is -2.28. The van der Waals surface area contributed by atoms with Gasteiger partial charge >= 0.3 is 0 Å². The molecule has 3 rings (SSSR count). The Morgan fingerprint density at radius 2 is 2.25 bits per heavy atom. The first-order valence-corrected chi connectivity index (χ1v) is 9.12. The summed E-state index contributed by atoms with van der Waals surface area (Å²) in [7, 11) is 0. The molecule has 2 unspecified atom stereocenters. The maximum atomic E-state index is 5.63. The molecule has 2 nitrogen and oxygen atoms in total. The number of nitrogens with one attached hydrogen (secondary N) is 1. The highest BCUT2D eigenvalue weighted by molar-refractivity contribution is 7.12. The van der Waals surface area contributed by atoms with Crippen molar-refractivity contribution in [3.8, 4) is 0 Å². The molecule has 2 heterocycles. The van der Waals surface area contributed by atoms with Crippen LogP contribution >= 0.6 is 11.3 Å². The van der Waals surface area contributed by atoms with E-state index in [1.807, 2.05) is 0 Å². The first-order valence-electron chi connectivity index (χ1n) is 8.31. The fourth-order valence-electron chi connectivity index (χ4n) is 3.46. The summed E-state index contributed by atoms with van der Waals surface area (Å²) in [5.74, 6) is 0.670. The molecule has 1 aromatic rings. The monoisotopic (exact) mass is 293 g/mol. The molecule has 1 N–H and O–H groups in total. The molecule has 20 heavy (non-hydrogen) atoms. The minimum absolute atomic E-state index is 0.523. The number of thiophene rings is 1. The summed E-state index contributed by atoms with van der Waals surface area (Å²) in [6, 6.07) is 3.03. The van der Waals surface area contributed by atoms with E-state index in [-0.39, 0.29) is 0 Å². The zero-order valence-electron chi connectivity index (χ0n) is 12.6. The van der Waals surface area contributed by atoms with Gasteiger partial charge in [-0.3, -0.25) is 0 Å². The highest BCUT2D eigenvalue weighted by Crippen LogP contribution is 2.37. The molecule has 112 valence electrons. The van der Waals surface area contributed by atoms with E-state index in [1.165, 1.54) is 44.9 Å². The van der Waals surface area contributed by atoms with Gasteiger partial charge in [0.25, 0.3) is 0 Å². The molecule has 0 bridgehead atoms. The molecule has 0 saturated carbocycles. The second-order valence-electron chi connectivity index (χ2n) is 6.21.